The molecule has 0 aliphatic rings. The number of nitrogens with zero attached hydrogens (tertiary/aromatic N) is 2. The number of rotatable bonds is 11. The van der Waals surface area contributed by atoms with Crippen molar-refractivity contribution in [3.8, 4) is 6.07 Å². The molecule has 0 radical (unpaired) electrons. The fraction of sp³-hybridized carbons (Fsp3) is 0.917. The van der Waals surface area contributed by atoms with Crippen LogP contribution < -0.4 is 16.6 Å². The zero-order valence-corrected chi connectivity index (χ0v) is 14.2. The summed E-state index contributed by atoms with van der Waals surface area (Å²) in [4.78, 5) is 12.3. The van der Waals surface area contributed by atoms with Crippen molar-refractivity contribution in [3.63, 3.8) is 0 Å². The molecule has 0 saturated carbocycles. The van der Waals surface area contributed by atoms with Gasteiger partial charge in [0.05, 0.1) is 25.1 Å². The van der Waals surface area contributed by atoms with Crippen LogP contribution in [0.2, 0.25) is 0 Å². The van der Waals surface area contributed by atoms with Gasteiger partial charge in [-0.1, -0.05) is 0 Å². The maximum Gasteiger partial charge on any atom is 0.376 e. The minimum absolute atomic E-state index is 0.0161. The number of hydrazine groups is 2. The Morgan fingerprint density at radius 3 is 2.19 bits per heavy atom. The van der Waals surface area contributed by atoms with Gasteiger partial charge in [-0.2, -0.15) is 14.7 Å². The first kappa shape index (κ1) is 20.6. The highest BCUT2D eigenvalue weighted by Gasteiger charge is 2.47. The Morgan fingerprint density at radius 2 is 1.81 bits per heavy atom. The predicted molar refractivity (Wildman–Crippen MR) is 83.6 cm³/mol. The van der Waals surface area contributed by atoms with Crippen molar-refractivity contribution >= 4 is 7.87 Å². The van der Waals surface area contributed by atoms with Crippen LogP contribution in [0.4, 0.5) is 0 Å². The highest BCUT2D eigenvalue weighted by Crippen LogP contribution is 2.57. The standard InChI is InChI=1S/C12H29N5O3P/c1-10(2)15-17(16-11(3)4)21(19,7-5-6-13)20-9-12(14)8-18/h10-12,15-16,18-19H,5,7-9,14H2,1-4H3/q+1/t12-,21?/m1/s1. The van der Waals surface area contributed by atoms with Crippen LogP contribution in [0, 0.1) is 11.3 Å². The molecule has 6 N–H and O–H groups in total. The molecule has 0 heterocycles. The molecule has 0 aromatic heterocycles. The predicted octanol–water partition coefficient (Wildman–Crippen LogP) is 0.119. The lowest BCUT2D eigenvalue weighted by molar-refractivity contribution is 0.119. The van der Waals surface area contributed by atoms with Crippen molar-refractivity contribution in [2.45, 2.75) is 52.2 Å². The molecule has 0 aromatic rings. The van der Waals surface area contributed by atoms with Gasteiger partial charge in [-0.3, -0.25) is 0 Å². The lowest BCUT2D eigenvalue weighted by Crippen LogP contribution is -2.53. The molecule has 2 atom stereocenters. The summed E-state index contributed by atoms with van der Waals surface area (Å²) in [6, 6.07) is 1.58. The molecule has 0 aliphatic carbocycles. The van der Waals surface area contributed by atoms with Gasteiger partial charge in [-0.15, -0.1) is 0 Å². The monoisotopic (exact) mass is 322 g/mol. The first-order valence-electron chi connectivity index (χ1n) is 7.06. The molecule has 124 valence electrons. The van der Waals surface area contributed by atoms with E-state index in [0.29, 0.717) is 0 Å². The zero-order valence-electron chi connectivity index (χ0n) is 13.3. The van der Waals surface area contributed by atoms with Gasteiger partial charge in [0.15, 0.2) is 0 Å². The molecule has 0 rings (SSSR count). The van der Waals surface area contributed by atoms with Gasteiger partial charge in [0.1, 0.15) is 12.8 Å². The van der Waals surface area contributed by atoms with Crippen molar-refractivity contribution in [1.82, 2.24) is 15.7 Å². The van der Waals surface area contributed by atoms with Crippen LogP contribution in [-0.4, -0.2) is 52.4 Å². The van der Waals surface area contributed by atoms with E-state index in [2.05, 4.69) is 10.9 Å². The van der Waals surface area contributed by atoms with Gasteiger partial charge in [0.25, 0.3) is 0 Å². The molecule has 0 aromatic carbocycles. The van der Waals surface area contributed by atoms with Gasteiger partial charge in [0, 0.05) is 17.0 Å². The van der Waals surface area contributed by atoms with Crippen molar-refractivity contribution in [2.24, 2.45) is 5.73 Å². The van der Waals surface area contributed by atoms with Crippen molar-refractivity contribution in [2.75, 3.05) is 19.4 Å². The average Bonchev–Trinajstić information content (AvgIpc) is 2.40. The van der Waals surface area contributed by atoms with Gasteiger partial charge in [0.2, 0.25) is 0 Å². The topological polar surface area (TPSA) is 127 Å². The van der Waals surface area contributed by atoms with Gasteiger partial charge < -0.3 is 10.8 Å². The summed E-state index contributed by atoms with van der Waals surface area (Å²) in [5.41, 5.74) is 11.8. The van der Waals surface area contributed by atoms with Gasteiger partial charge >= 0.3 is 7.87 Å². The Kier molecular flexibility index (Phi) is 10.2. The normalized spacial score (nSPS) is 16.2. The number of aliphatic hydroxyl groups is 1. The molecule has 0 aliphatic heterocycles. The van der Waals surface area contributed by atoms with Crippen LogP contribution in [-0.2, 0) is 4.52 Å². The molecule has 0 bridgehead atoms. The van der Waals surface area contributed by atoms with Gasteiger partial charge in [-0.25, -0.2) is 10.9 Å². The molecule has 1 unspecified atom stereocenters. The molecule has 9 heteroatoms. The van der Waals surface area contributed by atoms with E-state index in [1.165, 1.54) is 4.89 Å². The Labute approximate surface area is 127 Å². The highest BCUT2D eigenvalue weighted by molar-refractivity contribution is 7.63. The first-order chi connectivity index (χ1) is 9.75. The summed E-state index contributed by atoms with van der Waals surface area (Å²) in [5.74, 6) is 0. The average molecular weight is 322 g/mol. The Hall–Kier alpha value is -0.360. The third kappa shape index (κ3) is 8.61. The summed E-state index contributed by atoms with van der Waals surface area (Å²) in [5, 5.41) is 17.7. The van der Waals surface area contributed by atoms with E-state index >= 15 is 0 Å². The third-order valence-corrected chi connectivity index (χ3v) is 4.54. The van der Waals surface area contributed by atoms with Crippen molar-refractivity contribution < 1.29 is 14.5 Å². The molecule has 0 fully saturated rings. The van der Waals surface area contributed by atoms with Crippen molar-refractivity contribution in [1.29, 1.82) is 5.26 Å². The van der Waals surface area contributed by atoms with Crippen LogP contribution >= 0.6 is 7.87 Å². The van der Waals surface area contributed by atoms with Gasteiger partial charge in [-0.05, 0) is 27.7 Å². The Morgan fingerprint density at radius 1 is 1.29 bits per heavy atom. The first-order valence-corrected chi connectivity index (χ1v) is 8.86. The third-order valence-electron chi connectivity index (χ3n) is 2.32. The Bertz CT molecular complexity index is 317. The molecular formula is C12H29N5O3P+. The summed E-state index contributed by atoms with van der Waals surface area (Å²) < 4.78 is 5.58. The second-order valence-electron chi connectivity index (χ2n) is 5.41. The lowest BCUT2D eigenvalue weighted by Gasteiger charge is -2.32. The van der Waals surface area contributed by atoms with E-state index in [4.69, 9.17) is 20.6 Å². The number of hydrogen-bond donors (Lipinski definition) is 5. The summed E-state index contributed by atoms with van der Waals surface area (Å²) in [6.07, 6.45) is 0.343. The molecule has 0 spiro atoms. The zero-order chi connectivity index (χ0) is 16.5. The Balaban J connectivity index is 5.02. The molecule has 0 amide bonds. The summed E-state index contributed by atoms with van der Waals surface area (Å²) in [6.45, 7) is 7.52. The molecule has 21 heavy (non-hydrogen) atoms. The fourth-order valence-electron chi connectivity index (χ4n) is 1.39. The van der Waals surface area contributed by atoms with E-state index in [-0.39, 0.29) is 37.9 Å². The molecular weight excluding hydrogens is 293 g/mol. The van der Waals surface area contributed by atoms with Crippen LogP contribution in [0.25, 0.3) is 0 Å². The maximum absolute atomic E-state index is 10.8. The SMILES string of the molecule is CC(C)NN(NC(C)C)[P+](O)(CCC#N)OC[C@H](N)CO. The number of nitriles is 1. The van der Waals surface area contributed by atoms with Crippen LogP contribution in [0.15, 0.2) is 0 Å². The van der Waals surface area contributed by atoms with Crippen LogP contribution in [0.1, 0.15) is 34.1 Å². The number of aliphatic hydroxyl groups excluding tert-OH is 1. The van der Waals surface area contributed by atoms with Crippen LogP contribution in [0.5, 0.6) is 0 Å². The highest BCUT2D eigenvalue weighted by atomic mass is 31.2. The number of nitrogens with two attached hydrogens (primary N) is 1. The van der Waals surface area contributed by atoms with E-state index < -0.39 is 13.9 Å². The molecule has 8 nitrogen and oxygen atoms in total. The van der Waals surface area contributed by atoms with E-state index in [1.54, 1.807) is 0 Å². The minimum atomic E-state index is -3.07. The summed E-state index contributed by atoms with van der Waals surface area (Å²) >= 11 is 0. The summed E-state index contributed by atoms with van der Waals surface area (Å²) in [7, 11) is -3.07. The molecule has 0 saturated heterocycles. The lowest BCUT2D eigenvalue weighted by atomic mass is 10.4. The fourth-order valence-corrected chi connectivity index (χ4v) is 3.48. The maximum atomic E-state index is 10.8. The minimum Gasteiger partial charge on any atom is -0.395 e. The van der Waals surface area contributed by atoms with Crippen LogP contribution in [0.3, 0.4) is 0 Å². The second-order valence-corrected chi connectivity index (χ2v) is 7.85. The van der Waals surface area contributed by atoms with E-state index in [1.807, 2.05) is 33.8 Å². The number of nitrogens with one attached hydrogen (secondary N) is 2. The quantitative estimate of drug-likeness (QED) is 0.268. The smallest absolute Gasteiger partial charge is 0.376 e. The van der Waals surface area contributed by atoms with E-state index in [9.17, 15) is 4.89 Å². The van der Waals surface area contributed by atoms with Crippen molar-refractivity contribution in [3.05, 3.63) is 0 Å². The number of hydrogen-bond acceptors (Lipinski definition) is 8. The van der Waals surface area contributed by atoms with E-state index in [0.717, 1.165) is 0 Å². The largest absolute Gasteiger partial charge is 0.395 e. The second kappa shape index (κ2) is 10.4.